The number of anilines is 1. The summed E-state index contributed by atoms with van der Waals surface area (Å²) < 4.78 is 2.42. The number of benzene rings is 1. The van der Waals surface area contributed by atoms with Gasteiger partial charge in [0.05, 0.1) is 15.3 Å². The van der Waals surface area contributed by atoms with Crippen LogP contribution >= 0.6 is 34.7 Å². The number of halogens is 1. The van der Waals surface area contributed by atoms with Crippen molar-refractivity contribution in [3.05, 3.63) is 51.0 Å². The van der Waals surface area contributed by atoms with E-state index in [0.717, 1.165) is 9.77 Å². The van der Waals surface area contributed by atoms with E-state index in [9.17, 15) is 9.59 Å². The summed E-state index contributed by atoms with van der Waals surface area (Å²) in [6.07, 6.45) is 0. The molecule has 0 saturated carbocycles. The Kier molecular flexibility index (Phi) is 5.17. The maximum atomic E-state index is 12.2. The third kappa shape index (κ3) is 3.89. The summed E-state index contributed by atoms with van der Waals surface area (Å²) in [4.78, 5) is 29.6. The first-order valence-corrected chi connectivity index (χ1v) is 9.69. The van der Waals surface area contributed by atoms with E-state index in [1.807, 2.05) is 13.0 Å². The number of fused-ring (bicyclic) bond motifs is 1. The maximum Gasteiger partial charge on any atom is 0.262 e. The molecule has 0 unspecified atom stereocenters. The number of aryl methyl sites for hydroxylation is 2. The van der Waals surface area contributed by atoms with Crippen LogP contribution in [0, 0.1) is 13.8 Å². The van der Waals surface area contributed by atoms with Gasteiger partial charge in [0.25, 0.3) is 5.56 Å². The standard InChI is InChI=1S/C17H16ClN3O2S2/c1-9-4-5-11(18)6-13(9)20-14(22)8-24-15-7-12-16(25-15)19-10(2)21(3)17(12)23/h4-7H,8H2,1-3H3,(H,20,22). The Morgan fingerprint density at radius 2 is 2.12 bits per heavy atom. The van der Waals surface area contributed by atoms with Crippen molar-refractivity contribution in [2.75, 3.05) is 11.1 Å². The largest absolute Gasteiger partial charge is 0.325 e. The lowest BCUT2D eigenvalue weighted by molar-refractivity contribution is -0.113. The number of aromatic nitrogens is 2. The third-order valence-electron chi connectivity index (χ3n) is 3.79. The molecule has 2 heterocycles. The number of amides is 1. The molecular formula is C17H16ClN3O2S2. The third-order valence-corrected chi connectivity index (χ3v) is 6.26. The molecule has 0 aliphatic heterocycles. The van der Waals surface area contributed by atoms with Crippen LogP contribution in [0.15, 0.2) is 33.3 Å². The molecule has 1 N–H and O–H groups in total. The number of carbonyl (C=O) groups excluding carboxylic acids is 1. The highest BCUT2D eigenvalue weighted by molar-refractivity contribution is 8.01. The lowest BCUT2D eigenvalue weighted by atomic mass is 10.2. The van der Waals surface area contributed by atoms with E-state index >= 15 is 0 Å². The van der Waals surface area contributed by atoms with Gasteiger partial charge >= 0.3 is 0 Å². The fourth-order valence-corrected chi connectivity index (χ4v) is 4.44. The molecule has 3 aromatic rings. The van der Waals surface area contributed by atoms with Crippen molar-refractivity contribution < 1.29 is 4.79 Å². The fourth-order valence-electron chi connectivity index (χ4n) is 2.27. The molecule has 0 aliphatic rings. The van der Waals surface area contributed by atoms with Crippen molar-refractivity contribution in [1.29, 1.82) is 0 Å². The van der Waals surface area contributed by atoms with Gasteiger partial charge in [0.15, 0.2) is 0 Å². The SMILES string of the molecule is Cc1ccc(Cl)cc1NC(=O)CSc1cc2c(=O)n(C)c(C)nc2s1. The zero-order chi connectivity index (χ0) is 18.1. The number of thiophene rings is 1. The smallest absolute Gasteiger partial charge is 0.262 e. The van der Waals surface area contributed by atoms with Crippen molar-refractivity contribution >= 4 is 56.5 Å². The van der Waals surface area contributed by atoms with Crippen LogP contribution in [-0.2, 0) is 11.8 Å². The van der Waals surface area contributed by atoms with E-state index in [1.165, 1.54) is 27.7 Å². The number of nitrogens with zero attached hydrogens (tertiary/aromatic N) is 2. The molecule has 1 aromatic carbocycles. The molecule has 0 aliphatic carbocycles. The lowest BCUT2D eigenvalue weighted by Crippen LogP contribution is -2.19. The Balaban J connectivity index is 1.72. The Hall–Kier alpha value is -1.83. The number of carbonyl (C=O) groups is 1. The molecule has 0 fully saturated rings. The van der Waals surface area contributed by atoms with Gasteiger partial charge in [-0.15, -0.1) is 23.1 Å². The Bertz CT molecular complexity index is 1030. The van der Waals surface area contributed by atoms with E-state index in [4.69, 9.17) is 11.6 Å². The molecule has 130 valence electrons. The second-order valence-electron chi connectivity index (χ2n) is 5.60. The molecule has 8 heteroatoms. The van der Waals surface area contributed by atoms with Gasteiger partial charge in [0.2, 0.25) is 5.91 Å². The van der Waals surface area contributed by atoms with Gasteiger partial charge < -0.3 is 5.32 Å². The first kappa shape index (κ1) is 18.0. The average molecular weight is 394 g/mol. The van der Waals surface area contributed by atoms with Crippen molar-refractivity contribution in [3.63, 3.8) is 0 Å². The predicted molar refractivity (Wildman–Crippen MR) is 105 cm³/mol. The zero-order valence-electron chi connectivity index (χ0n) is 13.9. The molecule has 0 spiro atoms. The number of hydrogen-bond acceptors (Lipinski definition) is 5. The molecule has 1 amide bonds. The van der Waals surface area contributed by atoms with Crippen LogP contribution in [0.2, 0.25) is 5.02 Å². The minimum atomic E-state index is -0.120. The van der Waals surface area contributed by atoms with Crippen LogP contribution in [0.1, 0.15) is 11.4 Å². The number of hydrogen-bond donors (Lipinski definition) is 1. The molecular weight excluding hydrogens is 378 g/mol. The van der Waals surface area contributed by atoms with Crippen LogP contribution in [0.4, 0.5) is 5.69 Å². The van der Waals surface area contributed by atoms with Gasteiger partial charge in [-0.1, -0.05) is 17.7 Å². The normalized spacial score (nSPS) is 11.0. The van der Waals surface area contributed by atoms with Crippen LogP contribution in [0.3, 0.4) is 0 Å². The average Bonchev–Trinajstić information content (AvgIpc) is 2.97. The Morgan fingerprint density at radius 1 is 1.36 bits per heavy atom. The summed E-state index contributed by atoms with van der Waals surface area (Å²) in [5.74, 6) is 0.799. The highest BCUT2D eigenvalue weighted by atomic mass is 35.5. The zero-order valence-corrected chi connectivity index (χ0v) is 16.3. The van der Waals surface area contributed by atoms with Crippen molar-refractivity contribution in [3.8, 4) is 0 Å². The summed E-state index contributed by atoms with van der Waals surface area (Å²) in [5, 5.41) is 4.03. The van der Waals surface area contributed by atoms with Crippen LogP contribution in [0.5, 0.6) is 0 Å². The van der Waals surface area contributed by atoms with Gasteiger partial charge in [-0.2, -0.15) is 0 Å². The van der Waals surface area contributed by atoms with E-state index < -0.39 is 0 Å². The minimum Gasteiger partial charge on any atom is -0.325 e. The molecule has 0 saturated heterocycles. The monoisotopic (exact) mass is 393 g/mol. The lowest BCUT2D eigenvalue weighted by Gasteiger charge is -2.08. The van der Waals surface area contributed by atoms with Gasteiger partial charge in [0.1, 0.15) is 10.7 Å². The van der Waals surface area contributed by atoms with Gasteiger partial charge in [-0.3, -0.25) is 14.2 Å². The minimum absolute atomic E-state index is 0.0652. The summed E-state index contributed by atoms with van der Waals surface area (Å²) in [5.41, 5.74) is 1.60. The number of rotatable bonds is 4. The van der Waals surface area contributed by atoms with Crippen molar-refractivity contribution in [2.24, 2.45) is 7.05 Å². The number of nitrogens with one attached hydrogen (secondary N) is 1. The second kappa shape index (κ2) is 7.19. The fraction of sp³-hybridized carbons (Fsp3) is 0.235. The molecule has 5 nitrogen and oxygen atoms in total. The Labute approximate surface area is 158 Å². The summed E-state index contributed by atoms with van der Waals surface area (Å²) in [7, 11) is 1.70. The van der Waals surface area contributed by atoms with E-state index in [2.05, 4.69) is 10.3 Å². The first-order chi connectivity index (χ1) is 11.8. The van der Waals surface area contributed by atoms with Gasteiger partial charge in [-0.05, 0) is 37.6 Å². The number of thioether (sulfide) groups is 1. The molecule has 25 heavy (non-hydrogen) atoms. The topological polar surface area (TPSA) is 64.0 Å². The predicted octanol–water partition coefficient (Wildman–Crippen LogP) is 4.00. The van der Waals surface area contributed by atoms with Crippen molar-refractivity contribution in [2.45, 2.75) is 18.1 Å². The van der Waals surface area contributed by atoms with Crippen molar-refractivity contribution in [1.82, 2.24) is 9.55 Å². The summed E-state index contributed by atoms with van der Waals surface area (Å²) >= 11 is 8.78. The summed E-state index contributed by atoms with van der Waals surface area (Å²) in [6.45, 7) is 3.71. The quantitative estimate of drug-likeness (QED) is 0.680. The molecule has 2 aromatic heterocycles. The molecule has 3 rings (SSSR count). The highest BCUT2D eigenvalue weighted by Crippen LogP contribution is 2.30. The van der Waals surface area contributed by atoms with Crippen LogP contribution in [-0.4, -0.2) is 21.2 Å². The first-order valence-electron chi connectivity index (χ1n) is 7.51. The van der Waals surface area contributed by atoms with Gasteiger partial charge in [-0.25, -0.2) is 4.98 Å². The van der Waals surface area contributed by atoms with E-state index in [1.54, 1.807) is 32.2 Å². The maximum absolute atomic E-state index is 12.2. The van der Waals surface area contributed by atoms with Crippen LogP contribution < -0.4 is 10.9 Å². The second-order valence-corrected chi connectivity index (χ2v) is 8.35. The van der Waals surface area contributed by atoms with E-state index in [0.29, 0.717) is 26.8 Å². The highest BCUT2D eigenvalue weighted by Gasteiger charge is 2.12. The molecule has 0 radical (unpaired) electrons. The Morgan fingerprint density at radius 3 is 2.88 bits per heavy atom. The molecule has 0 atom stereocenters. The summed E-state index contributed by atoms with van der Waals surface area (Å²) in [6, 6.07) is 7.18. The molecule has 0 bridgehead atoms. The van der Waals surface area contributed by atoms with E-state index in [-0.39, 0.29) is 17.2 Å². The van der Waals surface area contributed by atoms with Gasteiger partial charge in [0, 0.05) is 17.8 Å². The van der Waals surface area contributed by atoms with Crippen LogP contribution in [0.25, 0.3) is 10.2 Å².